The number of aldehydes is 1. The number of esters is 1. The minimum absolute atomic E-state index is 0.336. The van der Waals surface area contributed by atoms with Gasteiger partial charge >= 0.3 is 5.97 Å². The van der Waals surface area contributed by atoms with Gasteiger partial charge in [-0.1, -0.05) is 0 Å². The topological polar surface area (TPSA) is 72.1 Å². The first-order valence-electron chi connectivity index (χ1n) is 7.27. The number of aromatic amines is 1. The van der Waals surface area contributed by atoms with E-state index in [-0.39, 0.29) is 5.97 Å². The standard InChI is InChI=1S/C17H16N2O3S/c1-4-22-17(21)15-10(3)19-16(23-15)11-5-6-14-12(7-11)13(8-20)9(2)18-14/h5-8,18H,4H2,1-3H3. The fraction of sp³-hybridized carbons (Fsp3) is 0.235. The van der Waals surface area contributed by atoms with E-state index in [0.29, 0.717) is 22.7 Å². The zero-order chi connectivity index (χ0) is 16.6. The first-order chi connectivity index (χ1) is 11.0. The van der Waals surface area contributed by atoms with E-state index in [1.807, 2.05) is 25.1 Å². The maximum Gasteiger partial charge on any atom is 0.350 e. The molecule has 0 fully saturated rings. The highest BCUT2D eigenvalue weighted by Gasteiger charge is 2.18. The maximum absolute atomic E-state index is 11.9. The summed E-state index contributed by atoms with van der Waals surface area (Å²) < 4.78 is 5.05. The van der Waals surface area contributed by atoms with Crippen LogP contribution in [0.1, 0.15) is 38.3 Å². The molecule has 3 rings (SSSR count). The van der Waals surface area contributed by atoms with Gasteiger partial charge in [0.1, 0.15) is 9.88 Å². The van der Waals surface area contributed by atoms with Crippen molar-refractivity contribution in [3.8, 4) is 10.6 Å². The summed E-state index contributed by atoms with van der Waals surface area (Å²) in [7, 11) is 0. The quantitative estimate of drug-likeness (QED) is 0.582. The van der Waals surface area contributed by atoms with Crippen LogP contribution in [0.2, 0.25) is 0 Å². The van der Waals surface area contributed by atoms with E-state index in [9.17, 15) is 9.59 Å². The number of nitrogens with one attached hydrogen (secondary N) is 1. The summed E-state index contributed by atoms with van der Waals surface area (Å²) in [5, 5.41) is 1.60. The Balaban J connectivity index is 2.08. The fourth-order valence-corrected chi connectivity index (χ4v) is 3.49. The van der Waals surface area contributed by atoms with E-state index < -0.39 is 0 Å². The monoisotopic (exact) mass is 328 g/mol. The molecular formula is C17H16N2O3S. The Morgan fingerprint density at radius 3 is 2.87 bits per heavy atom. The first-order valence-corrected chi connectivity index (χ1v) is 8.09. The number of nitrogens with zero attached hydrogens (tertiary/aromatic N) is 1. The van der Waals surface area contributed by atoms with Crippen molar-refractivity contribution in [2.24, 2.45) is 0 Å². The summed E-state index contributed by atoms with van der Waals surface area (Å²) in [6.07, 6.45) is 0.856. The summed E-state index contributed by atoms with van der Waals surface area (Å²) in [6, 6.07) is 5.78. The number of aryl methyl sites for hydroxylation is 2. The van der Waals surface area contributed by atoms with Crippen LogP contribution in [0.15, 0.2) is 18.2 Å². The second kappa shape index (κ2) is 5.96. The molecule has 0 bridgehead atoms. The van der Waals surface area contributed by atoms with Gasteiger partial charge < -0.3 is 9.72 Å². The Morgan fingerprint density at radius 2 is 2.17 bits per heavy atom. The lowest BCUT2D eigenvalue weighted by Gasteiger charge is -1.98. The van der Waals surface area contributed by atoms with Gasteiger partial charge in [-0.15, -0.1) is 11.3 Å². The number of thiazole rings is 1. The average Bonchev–Trinajstić information content (AvgIpc) is 3.06. The zero-order valence-corrected chi connectivity index (χ0v) is 13.9. The highest BCUT2D eigenvalue weighted by molar-refractivity contribution is 7.17. The van der Waals surface area contributed by atoms with E-state index in [0.717, 1.165) is 33.5 Å². The smallest absolute Gasteiger partial charge is 0.350 e. The largest absolute Gasteiger partial charge is 0.462 e. The lowest BCUT2D eigenvalue weighted by molar-refractivity contribution is 0.0531. The third-order valence-electron chi connectivity index (χ3n) is 3.66. The second-order valence-corrected chi connectivity index (χ2v) is 6.19. The van der Waals surface area contributed by atoms with E-state index in [1.54, 1.807) is 13.8 Å². The third-order valence-corrected chi connectivity index (χ3v) is 4.84. The van der Waals surface area contributed by atoms with Crippen LogP contribution in [0.5, 0.6) is 0 Å². The number of carbonyl (C=O) groups is 2. The number of H-pyrrole nitrogens is 1. The molecule has 3 aromatic rings. The molecule has 1 N–H and O–H groups in total. The van der Waals surface area contributed by atoms with Gasteiger partial charge in [0, 0.05) is 27.7 Å². The van der Waals surface area contributed by atoms with Crippen LogP contribution in [0, 0.1) is 13.8 Å². The maximum atomic E-state index is 11.9. The minimum Gasteiger partial charge on any atom is -0.462 e. The molecule has 1 aromatic carbocycles. The van der Waals surface area contributed by atoms with Crippen LogP contribution in [0.4, 0.5) is 0 Å². The van der Waals surface area contributed by atoms with Gasteiger partial charge in [0.2, 0.25) is 0 Å². The highest BCUT2D eigenvalue weighted by atomic mass is 32.1. The molecule has 0 saturated carbocycles. The van der Waals surface area contributed by atoms with Gasteiger partial charge in [0.25, 0.3) is 0 Å². The number of carbonyl (C=O) groups excluding carboxylic acids is 2. The Bertz CT molecular complexity index is 908. The highest BCUT2D eigenvalue weighted by Crippen LogP contribution is 2.32. The molecule has 0 amide bonds. The van der Waals surface area contributed by atoms with Gasteiger partial charge in [-0.2, -0.15) is 0 Å². The Labute approximate surface area is 137 Å². The van der Waals surface area contributed by atoms with Crippen LogP contribution in [0.3, 0.4) is 0 Å². The van der Waals surface area contributed by atoms with Crippen LogP contribution in [0.25, 0.3) is 21.5 Å². The van der Waals surface area contributed by atoms with Crippen LogP contribution in [-0.4, -0.2) is 28.8 Å². The van der Waals surface area contributed by atoms with Crippen LogP contribution >= 0.6 is 11.3 Å². The molecule has 0 aliphatic rings. The summed E-state index contributed by atoms with van der Waals surface area (Å²) >= 11 is 1.31. The van der Waals surface area contributed by atoms with E-state index in [1.165, 1.54) is 11.3 Å². The Morgan fingerprint density at radius 1 is 1.39 bits per heavy atom. The fourth-order valence-electron chi connectivity index (χ4n) is 2.54. The number of hydrogen-bond donors (Lipinski definition) is 1. The Kier molecular flexibility index (Phi) is 4.00. The molecule has 6 heteroatoms. The second-order valence-electron chi connectivity index (χ2n) is 5.20. The average molecular weight is 328 g/mol. The lowest BCUT2D eigenvalue weighted by atomic mass is 10.1. The minimum atomic E-state index is -0.346. The van der Waals surface area contributed by atoms with Crippen molar-refractivity contribution in [1.82, 2.24) is 9.97 Å². The van der Waals surface area contributed by atoms with E-state index in [2.05, 4.69) is 9.97 Å². The molecule has 0 aliphatic heterocycles. The van der Waals surface area contributed by atoms with Crippen molar-refractivity contribution in [3.05, 3.63) is 40.0 Å². The summed E-state index contributed by atoms with van der Waals surface area (Å²) in [5.74, 6) is -0.346. The van der Waals surface area contributed by atoms with Gasteiger partial charge in [0.15, 0.2) is 6.29 Å². The summed E-state index contributed by atoms with van der Waals surface area (Å²) in [5.41, 5.74) is 3.94. The normalized spacial score (nSPS) is 10.9. The van der Waals surface area contributed by atoms with E-state index in [4.69, 9.17) is 4.74 Å². The number of rotatable bonds is 4. The van der Waals surface area contributed by atoms with Crippen molar-refractivity contribution in [2.45, 2.75) is 20.8 Å². The predicted octanol–water partition coefficient (Wildman–Crippen LogP) is 3.90. The van der Waals surface area contributed by atoms with Crippen molar-refractivity contribution >= 4 is 34.5 Å². The number of aromatic nitrogens is 2. The van der Waals surface area contributed by atoms with Gasteiger partial charge in [-0.3, -0.25) is 4.79 Å². The van der Waals surface area contributed by atoms with Crippen LogP contribution in [-0.2, 0) is 4.74 Å². The molecular weight excluding hydrogens is 312 g/mol. The molecule has 118 valence electrons. The molecule has 0 unspecified atom stereocenters. The van der Waals surface area contributed by atoms with Crippen molar-refractivity contribution < 1.29 is 14.3 Å². The van der Waals surface area contributed by atoms with Gasteiger partial charge in [0.05, 0.1) is 12.3 Å². The van der Waals surface area contributed by atoms with Crippen LogP contribution < -0.4 is 0 Å². The van der Waals surface area contributed by atoms with Crippen molar-refractivity contribution in [3.63, 3.8) is 0 Å². The van der Waals surface area contributed by atoms with Gasteiger partial charge in [-0.25, -0.2) is 9.78 Å². The molecule has 0 saturated heterocycles. The molecule has 5 nitrogen and oxygen atoms in total. The van der Waals surface area contributed by atoms with Crippen molar-refractivity contribution in [1.29, 1.82) is 0 Å². The number of fused-ring (bicyclic) bond motifs is 1. The van der Waals surface area contributed by atoms with Crippen molar-refractivity contribution in [2.75, 3.05) is 6.61 Å². The number of benzene rings is 1. The summed E-state index contributed by atoms with van der Waals surface area (Å²) in [4.78, 5) is 31.4. The molecule has 0 spiro atoms. The summed E-state index contributed by atoms with van der Waals surface area (Å²) in [6.45, 7) is 5.78. The number of hydrogen-bond acceptors (Lipinski definition) is 5. The lowest BCUT2D eigenvalue weighted by Crippen LogP contribution is -2.03. The molecule has 23 heavy (non-hydrogen) atoms. The van der Waals surface area contributed by atoms with Gasteiger partial charge in [-0.05, 0) is 39.0 Å². The zero-order valence-electron chi connectivity index (χ0n) is 13.1. The molecule has 2 aromatic heterocycles. The third kappa shape index (κ3) is 2.66. The van der Waals surface area contributed by atoms with E-state index >= 15 is 0 Å². The SMILES string of the molecule is CCOC(=O)c1sc(-c2ccc3[nH]c(C)c(C=O)c3c2)nc1C. The first kappa shape index (κ1) is 15.4. The molecule has 0 atom stereocenters. The Hall–Kier alpha value is -2.47. The predicted molar refractivity (Wildman–Crippen MR) is 90.2 cm³/mol. The number of ether oxygens (including phenoxy) is 1. The molecule has 2 heterocycles. The molecule has 0 radical (unpaired) electrons. The molecule has 0 aliphatic carbocycles.